The molecule has 0 spiro atoms. The summed E-state index contributed by atoms with van der Waals surface area (Å²) in [4.78, 5) is 8.00. The first-order valence-corrected chi connectivity index (χ1v) is 7.69. The number of hydrogen-bond acceptors (Lipinski definition) is 4. The molecule has 2 heterocycles. The molecule has 2 saturated heterocycles. The molecule has 0 radical (unpaired) electrons. The van der Waals surface area contributed by atoms with Crippen molar-refractivity contribution in [3.63, 3.8) is 0 Å². The molecular weight excluding hydrogens is 292 g/mol. The average Bonchev–Trinajstić information content (AvgIpc) is 3.51. The SMILES string of the molecule is C=O.c1cc(OCC2CO2)ccc1Cc1ccc(C2CO2)cc1. The van der Waals surface area contributed by atoms with Crippen molar-refractivity contribution in [2.24, 2.45) is 0 Å². The summed E-state index contributed by atoms with van der Waals surface area (Å²) in [6.45, 7) is 4.36. The second kappa shape index (κ2) is 7.40. The van der Waals surface area contributed by atoms with Crippen LogP contribution in [-0.2, 0) is 20.7 Å². The molecular formula is C19H20O4. The van der Waals surface area contributed by atoms with Gasteiger partial charge in [-0.3, -0.25) is 0 Å². The van der Waals surface area contributed by atoms with Gasteiger partial charge >= 0.3 is 0 Å². The molecule has 2 aliphatic rings. The van der Waals surface area contributed by atoms with Crippen molar-refractivity contribution in [3.05, 3.63) is 65.2 Å². The molecule has 2 unspecified atom stereocenters. The van der Waals surface area contributed by atoms with E-state index in [0.717, 1.165) is 25.4 Å². The van der Waals surface area contributed by atoms with Gasteiger partial charge < -0.3 is 19.0 Å². The lowest BCUT2D eigenvalue weighted by molar-refractivity contribution is -0.0979. The third kappa shape index (κ3) is 4.65. The van der Waals surface area contributed by atoms with Crippen LogP contribution in [0.25, 0.3) is 0 Å². The van der Waals surface area contributed by atoms with E-state index >= 15 is 0 Å². The lowest BCUT2D eigenvalue weighted by atomic mass is 10.0. The van der Waals surface area contributed by atoms with Gasteiger partial charge in [0.05, 0.1) is 13.2 Å². The highest BCUT2D eigenvalue weighted by atomic mass is 16.6. The van der Waals surface area contributed by atoms with Gasteiger partial charge in [-0.25, -0.2) is 0 Å². The molecule has 0 bridgehead atoms. The van der Waals surface area contributed by atoms with Gasteiger partial charge in [-0.15, -0.1) is 0 Å². The van der Waals surface area contributed by atoms with E-state index in [4.69, 9.17) is 19.0 Å². The minimum atomic E-state index is 0.304. The summed E-state index contributed by atoms with van der Waals surface area (Å²) in [6.07, 6.45) is 1.59. The second-order valence-corrected chi connectivity index (χ2v) is 5.65. The molecule has 2 fully saturated rings. The molecule has 2 aromatic carbocycles. The van der Waals surface area contributed by atoms with Gasteiger partial charge in [0.25, 0.3) is 0 Å². The summed E-state index contributed by atoms with van der Waals surface area (Å²) in [6, 6.07) is 17.0. The largest absolute Gasteiger partial charge is 0.491 e. The molecule has 2 aliphatic heterocycles. The van der Waals surface area contributed by atoms with Crippen molar-refractivity contribution in [1.29, 1.82) is 0 Å². The molecule has 2 atom stereocenters. The quantitative estimate of drug-likeness (QED) is 0.770. The molecule has 120 valence electrons. The van der Waals surface area contributed by atoms with Crippen LogP contribution < -0.4 is 4.74 Å². The summed E-state index contributed by atoms with van der Waals surface area (Å²) in [5.74, 6) is 0.912. The molecule has 4 nitrogen and oxygen atoms in total. The van der Waals surface area contributed by atoms with E-state index in [1.165, 1.54) is 16.7 Å². The minimum absolute atomic E-state index is 0.304. The monoisotopic (exact) mass is 312 g/mol. The third-order valence-electron chi connectivity index (χ3n) is 3.85. The fourth-order valence-corrected chi connectivity index (χ4v) is 2.38. The topological polar surface area (TPSA) is 51.4 Å². The minimum Gasteiger partial charge on any atom is -0.491 e. The van der Waals surface area contributed by atoms with Crippen molar-refractivity contribution in [2.45, 2.75) is 18.6 Å². The first kappa shape index (κ1) is 15.7. The Labute approximate surface area is 136 Å². The fourth-order valence-electron chi connectivity index (χ4n) is 2.38. The van der Waals surface area contributed by atoms with Gasteiger partial charge in [-0.05, 0) is 35.2 Å². The first-order chi connectivity index (χ1) is 11.4. The fraction of sp³-hybridized carbons (Fsp3) is 0.316. The van der Waals surface area contributed by atoms with Crippen LogP contribution in [0.15, 0.2) is 48.5 Å². The van der Waals surface area contributed by atoms with Gasteiger partial charge in [0.15, 0.2) is 0 Å². The van der Waals surface area contributed by atoms with Crippen LogP contribution in [0.4, 0.5) is 0 Å². The van der Waals surface area contributed by atoms with E-state index in [1.54, 1.807) is 0 Å². The standard InChI is InChI=1S/C18H18O3.CH2O/c1-5-15(18-12-21-18)6-2-13(1)9-14-3-7-16(8-4-14)19-10-17-11-20-17;1-2/h1-8,17-18H,9-12H2;1H2. The first-order valence-electron chi connectivity index (χ1n) is 7.69. The average molecular weight is 312 g/mol. The van der Waals surface area contributed by atoms with E-state index in [2.05, 4.69) is 36.4 Å². The van der Waals surface area contributed by atoms with Gasteiger partial charge in [0.1, 0.15) is 31.4 Å². The van der Waals surface area contributed by atoms with Crippen molar-refractivity contribution < 1.29 is 19.0 Å². The maximum atomic E-state index is 8.00. The van der Waals surface area contributed by atoms with Crippen molar-refractivity contribution >= 4 is 6.79 Å². The second-order valence-electron chi connectivity index (χ2n) is 5.65. The Morgan fingerprint density at radius 3 is 2.00 bits per heavy atom. The molecule has 23 heavy (non-hydrogen) atoms. The van der Waals surface area contributed by atoms with Crippen molar-refractivity contribution in [3.8, 4) is 5.75 Å². The smallest absolute Gasteiger partial charge is 0.119 e. The lowest BCUT2D eigenvalue weighted by Gasteiger charge is -2.06. The molecule has 0 amide bonds. The Morgan fingerprint density at radius 1 is 0.913 bits per heavy atom. The number of rotatable bonds is 6. The Kier molecular flexibility index (Phi) is 5.05. The van der Waals surface area contributed by atoms with E-state index in [1.807, 2.05) is 18.9 Å². The number of epoxide rings is 2. The number of carbonyl (C=O) groups excluding carboxylic acids is 1. The third-order valence-corrected chi connectivity index (χ3v) is 3.85. The highest BCUT2D eigenvalue weighted by molar-refractivity contribution is 5.33. The van der Waals surface area contributed by atoms with Crippen LogP contribution in [0, 0.1) is 0 Å². The Hall–Kier alpha value is -2.17. The van der Waals surface area contributed by atoms with Crippen molar-refractivity contribution in [2.75, 3.05) is 19.8 Å². The van der Waals surface area contributed by atoms with E-state index in [-0.39, 0.29) is 0 Å². The van der Waals surface area contributed by atoms with Crippen LogP contribution in [-0.4, -0.2) is 32.7 Å². The Balaban J connectivity index is 0.000000753. The molecule has 0 N–H and O–H groups in total. The van der Waals surface area contributed by atoms with E-state index in [0.29, 0.717) is 18.8 Å². The summed E-state index contributed by atoms with van der Waals surface area (Å²) in [5.41, 5.74) is 3.89. The predicted molar refractivity (Wildman–Crippen MR) is 86.7 cm³/mol. The number of ether oxygens (including phenoxy) is 3. The van der Waals surface area contributed by atoms with E-state index in [9.17, 15) is 0 Å². The molecule has 0 aromatic heterocycles. The Bertz CT molecular complexity index is 613. The van der Waals surface area contributed by atoms with Crippen LogP contribution >= 0.6 is 0 Å². The van der Waals surface area contributed by atoms with E-state index < -0.39 is 0 Å². The zero-order valence-electron chi connectivity index (χ0n) is 12.9. The predicted octanol–water partition coefficient (Wildman–Crippen LogP) is 2.94. The maximum absolute atomic E-state index is 8.00. The van der Waals surface area contributed by atoms with Crippen LogP contribution in [0.3, 0.4) is 0 Å². The lowest BCUT2D eigenvalue weighted by Crippen LogP contribution is -2.03. The number of carbonyl (C=O) groups is 1. The highest BCUT2D eigenvalue weighted by Crippen LogP contribution is 2.29. The molecule has 4 rings (SSSR count). The molecule has 4 heteroatoms. The van der Waals surface area contributed by atoms with Gasteiger partial charge in [0.2, 0.25) is 0 Å². The van der Waals surface area contributed by atoms with Gasteiger partial charge in [-0.1, -0.05) is 36.4 Å². The molecule has 2 aromatic rings. The normalized spacial score (nSPS) is 21.0. The number of benzene rings is 2. The van der Waals surface area contributed by atoms with Crippen LogP contribution in [0.1, 0.15) is 22.8 Å². The van der Waals surface area contributed by atoms with Gasteiger partial charge in [-0.2, -0.15) is 0 Å². The number of hydrogen-bond donors (Lipinski definition) is 0. The summed E-state index contributed by atoms with van der Waals surface area (Å²) >= 11 is 0. The Morgan fingerprint density at radius 2 is 1.48 bits per heavy atom. The summed E-state index contributed by atoms with van der Waals surface area (Å²) in [5, 5.41) is 0. The molecule has 0 aliphatic carbocycles. The van der Waals surface area contributed by atoms with Gasteiger partial charge in [0, 0.05) is 0 Å². The zero-order chi connectivity index (χ0) is 16.1. The van der Waals surface area contributed by atoms with Crippen LogP contribution in [0.5, 0.6) is 5.75 Å². The summed E-state index contributed by atoms with van der Waals surface area (Å²) < 4.78 is 16.1. The highest BCUT2D eigenvalue weighted by Gasteiger charge is 2.24. The maximum Gasteiger partial charge on any atom is 0.119 e. The van der Waals surface area contributed by atoms with Crippen LogP contribution in [0.2, 0.25) is 0 Å². The zero-order valence-corrected chi connectivity index (χ0v) is 12.9. The van der Waals surface area contributed by atoms with Crippen molar-refractivity contribution in [1.82, 2.24) is 0 Å². The molecule has 0 saturated carbocycles. The summed E-state index contributed by atoms with van der Waals surface area (Å²) in [7, 11) is 0.